The number of rotatable bonds is 3. The van der Waals surface area contributed by atoms with E-state index < -0.39 is 0 Å². The molecule has 0 saturated carbocycles. The Bertz CT molecular complexity index is 499. The van der Waals surface area contributed by atoms with Crippen LogP contribution >= 0.6 is 0 Å². The Kier molecular flexibility index (Phi) is 2.83. The number of nitrogens with zero attached hydrogens (tertiary/aromatic N) is 4. The Morgan fingerprint density at radius 1 is 1.39 bits per heavy atom. The van der Waals surface area contributed by atoms with E-state index in [9.17, 15) is 0 Å². The molecule has 2 N–H and O–H groups in total. The Morgan fingerprint density at radius 3 is 2.89 bits per heavy atom. The van der Waals surface area contributed by atoms with Crippen LogP contribution in [-0.4, -0.2) is 38.6 Å². The molecule has 1 aliphatic heterocycles. The maximum atomic E-state index is 5.45. The first kappa shape index (κ1) is 11.3. The number of hydrogen-bond donors (Lipinski definition) is 2. The van der Waals surface area contributed by atoms with Gasteiger partial charge in [0.15, 0.2) is 5.69 Å². The molecule has 0 aliphatic carbocycles. The average Bonchev–Trinajstić information content (AvgIpc) is 3.10. The molecule has 96 valence electrons. The zero-order chi connectivity index (χ0) is 12.4. The topological polar surface area (TPSA) is 92.5 Å². The van der Waals surface area contributed by atoms with E-state index in [1.807, 2.05) is 0 Å². The predicted octanol–water partition coefficient (Wildman–Crippen LogP) is 0.886. The van der Waals surface area contributed by atoms with E-state index >= 15 is 0 Å². The zero-order valence-electron chi connectivity index (χ0n) is 10.3. The lowest BCUT2D eigenvalue weighted by Gasteiger charge is -2.33. The third-order valence-corrected chi connectivity index (χ3v) is 3.76. The largest absolute Gasteiger partial charge is 0.338 e. The molecule has 2 aromatic rings. The van der Waals surface area contributed by atoms with Gasteiger partial charge >= 0.3 is 0 Å². The molecule has 3 rings (SSSR count). The van der Waals surface area contributed by atoms with Crippen molar-refractivity contribution in [1.29, 1.82) is 0 Å². The molecule has 0 unspecified atom stereocenters. The lowest BCUT2D eigenvalue weighted by Crippen LogP contribution is -2.39. The summed E-state index contributed by atoms with van der Waals surface area (Å²) in [5, 5.41) is 17.6. The highest BCUT2D eigenvalue weighted by molar-refractivity contribution is 5.45. The molecule has 7 nitrogen and oxygen atoms in total. The first-order valence-corrected chi connectivity index (χ1v) is 6.25. The van der Waals surface area contributed by atoms with E-state index in [0.717, 1.165) is 38.2 Å². The molecule has 3 heterocycles. The molecule has 0 bridgehead atoms. The second-order valence-corrected chi connectivity index (χ2v) is 4.66. The van der Waals surface area contributed by atoms with Gasteiger partial charge in [0.05, 0.1) is 11.6 Å². The Labute approximate surface area is 104 Å². The van der Waals surface area contributed by atoms with Crippen molar-refractivity contribution in [3.8, 4) is 11.5 Å². The highest BCUT2D eigenvalue weighted by Crippen LogP contribution is 2.36. The number of hydrogen-bond acceptors (Lipinski definition) is 6. The van der Waals surface area contributed by atoms with Gasteiger partial charge in [0, 0.05) is 0 Å². The fourth-order valence-corrected chi connectivity index (χ4v) is 2.48. The van der Waals surface area contributed by atoms with Gasteiger partial charge in [0.1, 0.15) is 0 Å². The van der Waals surface area contributed by atoms with Crippen LogP contribution in [0.25, 0.3) is 11.5 Å². The van der Waals surface area contributed by atoms with Gasteiger partial charge < -0.3 is 9.84 Å². The average molecular weight is 248 g/mol. The number of nitrogens with one attached hydrogen (secondary N) is 2. The summed E-state index contributed by atoms with van der Waals surface area (Å²) in [6.45, 7) is 4.16. The molecule has 0 atom stereocenters. The van der Waals surface area contributed by atoms with Crippen molar-refractivity contribution in [3.63, 3.8) is 0 Å². The van der Waals surface area contributed by atoms with E-state index in [1.165, 1.54) is 0 Å². The Morgan fingerprint density at radius 2 is 2.22 bits per heavy atom. The van der Waals surface area contributed by atoms with Crippen LogP contribution in [0.1, 0.15) is 32.1 Å². The summed E-state index contributed by atoms with van der Waals surface area (Å²) < 4.78 is 5.45. The SMILES string of the molecule is CCC1(c2nc(-c3cn[nH]n3)no2)CCNCC1. The van der Waals surface area contributed by atoms with Gasteiger partial charge in [-0.2, -0.15) is 20.4 Å². The Balaban J connectivity index is 1.92. The van der Waals surface area contributed by atoms with E-state index in [1.54, 1.807) is 6.20 Å². The summed E-state index contributed by atoms with van der Waals surface area (Å²) in [4.78, 5) is 4.49. The maximum absolute atomic E-state index is 5.45. The van der Waals surface area contributed by atoms with E-state index in [2.05, 4.69) is 37.8 Å². The van der Waals surface area contributed by atoms with Crippen LogP contribution in [0.5, 0.6) is 0 Å². The van der Waals surface area contributed by atoms with Crippen LogP contribution in [0.15, 0.2) is 10.7 Å². The third kappa shape index (κ3) is 1.80. The second-order valence-electron chi connectivity index (χ2n) is 4.66. The molecular formula is C11H16N6O. The fourth-order valence-electron chi connectivity index (χ4n) is 2.48. The summed E-state index contributed by atoms with van der Waals surface area (Å²) in [6, 6.07) is 0. The number of aromatic nitrogens is 5. The molecule has 0 radical (unpaired) electrons. The van der Waals surface area contributed by atoms with Crippen molar-refractivity contribution in [2.75, 3.05) is 13.1 Å². The van der Waals surface area contributed by atoms with Gasteiger partial charge in [-0.05, 0) is 32.4 Å². The van der Waals surface area contributed by atoms with Crippen molar-refractivity contribution in [2.45, 2.75) is 31.6 Å². The molecule has 0 spiro atoms. The lowest BCUT2D eigenvalue weighted by atomic mass is 9.76. The number of H-pyrrole nitrogens is 1. The lowest BCUT2D eigenvalue weighted by molar-refractivity contribution is 0.216. The highest BCUT2D eigenvalue weighted by atomic mass is 16.5. The quantitative estimate of drug-likeness (QED) is 0.837. The summed E-state index contributed by atoms with van der Waals surface area (Å²) in [7, 11) is 0. The summed E-state index contributed by atoms with van der Waals surface area (Å²) in [5.74, 6) is 1.23. The van der Waals surface area contributed by atoms with Crippen LogP contribution < -0.4 is 5.32 Å². The van der Waals surface area contributed by atoms with E-state index in [4.69, 9.17) is 4.52 Å². The standard InChI is InChI=1S/C11H16N6O/c1-2-11(3-5-12-6-4-11)10-14-9(16-18-10)8-7-13-17-15-8/h7,12H,2-6H2,1H3,(H,13,15,17). The molecule has 1 fully saturated rings. The molecule has 0 amide bonds. The fraction of sp³-hybridized carbons (Fsp3) is 0.636. The van der Waals surface area contributed by atoms with Crippen molar-refractivity contribution in [1.82, 2.24) is 30.9 Å². The zero-order valence-corrected chi connectivity index (χ0v) is 10.3. The van der Waals surface area contributed by atoms with Crippen LogP contribution in [0.3, 0.4) is 0 Å². The van der Waals surface area contributed by atoms with Gasteiger partial charge in [-0.15, -0.1) is 0 Å². The maximum Gasteiger partial charge on any atom is 0.233 e. The van der Waals surface area contributed by atoms with Gasteiger partial charge in [-0.3, -0.25) is 0 Å². The molecular weight excluding hydrogens is 232 g/mol. The highest BCUT2D eigenvalue weighted by Gasteiger charge is 2.37. The van der Waals surface area contributed by atoms with E-state index in [-0.39, 0.29) is 5.41 Å². The smallest absolute Gasteiger partial charge is 0.233 e. The summed E-state index contributed by atoms with van der Waals surface area (Å²) in [5.41, 5.74) is 0.630. The summed E-state index contributed by atoms with van der Waals surface area (Å²) in [6.07, 6.45) is 4.67. The monoisotopic (exact) mass is 248 g/mol. The number of piperidine rings is 1. The molecule has 1 aliphatic rings. The minimum Gasteiger partial charge on any atom is -0.338 e. The molecule has 0 aromatic carbocycles. The summed E-state index contributed by atoms with van der Waals surface area (Å²) >= 11 is 0. The molecule has 2 aromatic heterocycles. The van der Waals surface area contributed by atoms with Crippen LogP contribution in [0.2, 0.25) is 0 Å². The van der Waals surface area contributed by atoms with Crippen molar-refractivity contribution >= 4 is 0 Å². The molecule has 1 saturated heterocycles. The van der Waals surface area contributed by atoms with Gasteiger partial charge in [-0.1, -0.05) is 12.1 Å². The van der Waals surface area contributed by atoms with Gasteiger partial charge in [-0.25, -0.2) is 0 Å². The van der Waals surface area contributed by atoms with Gasteiger partial charge in [0.25, 0.3) is 0 Å². The minimum atomic E-state index is 0.0141. The normalized spacial score (nSPS) is 18.9. The minimum absolute atomic E-state index is 0.0141. The van der Waals surface area contributed by atoms with Crippen molar-refractivity contribution in [3.05, 3.63) is 12.1 Å². The van der Waals surface area contributed by atoms with E-state index in [0.29, 0.717) is 11.5 Å². The predicted molar refractivity (Wildman–Crippen MR) is 63.7 cm³/mol. The van der Waals surface area contributed by atoms with Crippen LogP contribution in [-0.2, 0) is 5.41 Å². The Hall–Kier alpha value is -1.76. The van der Waals surface area contributed by atoms with Crippen molar-refractivity contribution < 1.29 is 4.52 Å². The van der Waals surface area contributed by atoms with Gasteiger partial charge in [0.2, 0.25) is 11.7 Å². The van der Waals surface area contributed by atoms with Crippen LogP contribution in [0.4, 0.5) is 0 Å². The first-order valence-electron chi connectivity index (χ1n) is 6.25. The van der Waals surface area contributed by atoms with Crippen molar-refractivity contribution in [2.24, 2.45) is 0 Å². The molecule has 7 heteroatoms. The second kappa shape index (κ2) is 4.49. The third-order valence-electron chi connectivity index (χ3n) is 3.76. The van der Waals surface area contributed by atoms with Crippen LogP contribution in [0, 0.1) is 0 Å². The number of aromatic amines is 1. The molecule has 18 heavy (non-hydrogen) atoms. The first-order chi connectivity index (χ1) is 8.84.